The fraction of sp³-hybridized carbons (Fsp3) is 0.344. The van der Waals surface area contributed by atoms with E-state index in [2.05, 4.69) is 105 Å². The summed E-state index contributed by atoms with van der Waals surface area (Å²) in [5, 5.41) is 6.92. The van der Waals surface area contributed by atoms with Crippen LogP contribution in [0.25, 0.3) is 0 Å². The van der Waals surface area contributed by atoms with Gasteiger partial charge in [-0.3, -0.25) is 4.90 Å². The summed E-state index contributed by atoms with van der Waals surface area (Å²) in [5.74, 6) is 2.46. The molecule has 0 atom stereocenters. The number of ether oxygens (including phenoxy) is 2. The quantitative estimate of drug-likeness (QED) is 0.265. The van der Waals surface area contributed by atoms with Gasteiger partial charge in [-0.1, -0.05) is 60.7 Å². The van der Waals surface area contributed by atoms with Crippen molar-refractivity contribution in [1.29, 1.82) is 0 Å². The summed E-state index contributed by atoms with van der Waals surface area (Å²) < 4.78 is 11.2. The van der Waals surface area contributed by atoms with Crippen molar-refractivity contribution in [2.75, 3.05) is 33.6 Å². The number of anilines is 1. The molecule has 40 heavy (non-hydrogen) atoms. The van der Waals surface area contributed by atoms with E-state index >= 15 is 0 Å². The molecule has 2 N–H and O–H groups in total. The van der Waals surface area contributed by atoms with Crippen molar-refractivity contribution in [2.45, 2.75) is 43.3 Å². The lowest BCUT2D eigenvalue weighted by molar-refractivity contribution is 0.0521. The van der Waals surface area contributed by atoms with Gasteiger partial charge in [0.2, 0.25) is 5.95 Å². The minimum atomic E-state index is -0.209. The summed E-state index contributed by atoms with van der Waals surface area (Å²) in [4.78, 5) is 16.1. The van der Waals surface area contributed by atoms with Gasteiger partial charge in [-0.2, -0.15) is 15.0 Å². The summed E-state index contributed by atoms with van der Waals surface area (Å²) in [6, 6.07) is 29.2. The van der Waals surface area contributed by atoms with Crippen LogP contribution in [-0.4, -0.2) is 48.1 Å². The molecule has 1 aliphatic rings. The van der Waals surface area contributed by atoms with Gasteiger partial charge < -0.3 is 20.1 Å². The summed E-state index contributed by atoms with van der Waals surface area (Å²) in [5.41, 5.74) is 2.44. The van der Waals surface area contributed by atoms with Crippen LogP contribution in [0.4, 0.5) is 5.95 Å². The largest absolute Gasteiger partial charge is 0.497 e. The van der Waals surface area contributed by atoms with Crippen molar-refractivity contribution < 1.29 is 9.47 Å². The number of rotatable bonds is 10. The monoisotopic (exact) mass is 538 g/mol. The van der Waals surface area contributed by atoms with Gasteiger partial charge in [-0.15, -0.1) is 0 Å². The molecule has 1 fully saturated rings. The molecule has 3 aromatic carbocycles. The molecule has 4 aromatic rings. The number of aromatic nitrogens is 3. The van der Waals surface area contributed by atoms with E-state index in [1.807, 2.05) is 24.3 Å². The van der Waals surface area contributed by atoms with E-state index in [9.17, 15) is 0 Å². The Morgan fingerprint density at radius 2 is 1.35 bits per heavy atom. The summed E-state index contributed by atoms with van der Waals surface area (Å²) in [7, 11) is 7.83. The maximum absolute atomic E-state index is 5.97. The van der Waals surface area contributed by atoms with Crippen molar-refractivity contribution in [3.8, 4) is 17.5 Å². The Bertz CT molecular complexity index is 1370. The van der Waals surface area contributed by atoms with Crippen molar-refractivity contribution in [3.05, 3.63) is 102 Å². The lowest BCUT2D eigenvalue weighted by Crippen LogP contribution is -2.52. The molecular formula is C32H38N6O2. The zero-order chi connectivity index (χ0) is 28.0. The topological polar surface area (TPSA) is 84.4 Å². The third-order valence-electron chi connectivity index (χ3n) is 8.16. The van der Waals surface area contributed by atoms with Gasteiger partial charge in [0, 0.05) is 18.1 Å². The van der Waals surface area contributed by atoms with E-state index < -0.39 is 0 Å². The van der Waals surface area contributed by atoms with E-state index in [-0.39, 0.29) is 17.1 Å². The number of hydrogen-bond donors (Lipinski definition) is 2. The van der Waals surface area contributed by atoms with Crippen LogP contribution in [0.3, 0.4) is 0 Å². The lowest BCUT2D eigenvalue weighted by atomic mass is 9.66. The fourth-order valence-corrected chi connectivity index (χ4v) is 5.79. The highest BCUT2D eigenvalue weighted by atomic mass is 16.5. The molecule has 0 unspecified atom stereocenters. The third kappa shape index (κ3) is 5.78. The average molecular weight is 539 g/mol. The first-order valence-corrected chi connectivity index (χ1v) is 13.7. The molecule has 0 bridgehead atoms. The minimum Gasteiger partial charge on any atom is -0.497 e. The van der Waals surface area contributed by atoms with Crippen LogP contribution >= 0.6 is 0 Å². The number of nitrogens with zero attached hydrogens (tertiary/aromatic N) is 4. The highest BCUT2D eigenvalue weighted by Gasteiger charge is 2.45. The number of benzene rings is 3. The predicted molar refractivity (Wildman–Crippen MR) is 158 cm³/mol. The lowest BCUT2D eigenvalue weighted by Gasteiger charge is -2.50. The molecule has 8 heteroatoms. The predicted octanol–water partition coefficient (Wildman–Crippen LogP) is 5.73. The summed E-state index contributed by atoms with van der Waals surface area (Å²) in [6.45, 7) is 0.478. The van der Waals surface area contributed by atoms with Crippen LogP contribution in [0, 0.1) is 0 Å². The third-order valence-corrected chi connectivity index (χ3v) is 8.16. The van der Waals surface area contributed by atoms with Crippen LogP contribution in [0.15, 0.2) is 84.9 Å². The van der Waals surface area contributed by atoms with E-state index in [1.54, 1.807) is 14.2 Å². The molecule has 1 heterocycles. The van der Waals surface area contributed by atoms with E-state index in [4.69, 9.17) is 9.47 Å². The Labute approximate surface area is 236 Å². The van der Waals surface area contributed by atoms with Crippen LogP contribution in [0.2, 0.25) is 0 Å². The van der Waals surface area contributed by atoms with Crippen molar-refractivity contribution in [1.82, 2.24) is 25.2 Å². The molecule has 1 aliphatic carbocycles. The number of hydrogen-bond acceptors (Lipinski definition) is 8. The molecule has 5 rings (SSSR count). The van der Waals surface area contributed by atoms with Crippen LogP contribution in [0.5, 0.6) is 17.5 Å². The molecule has 0 radical (unpaired) electrons. The second-order valence-electron chi connectivity index (χ2n) is 10.5. The highest BCUT2D eigenvalue weighted by molar-refractivity contribution is 5.34. The first-order valence-electron chi connectivity index (χ1n) is 13.7. The Hall–Kier alpha value is -4.01. The average Bonchev–Trinajstić information content (AvgIpc) is 3.01. The molecule has 1 aromatic heterocycles. The van der Waals surface area contributed by atoms with Gasteiger partial charge in [0.05, 0.1) is 13.7 Å². The maximum Gasteiger partial charge on any atom is 0.327 e. The smallest absolute Gasteiger partial charge is 0.327 e. The molecule has 0 amide bonds. The number of nitrogens with one attached hydrogen (secondary N) is 2. The molecule has 0 aliphatic heterocycles. The molecular weight excluding hydrogens is 500 g/mol. The van der Waals surface area contributed by atoms with Gasteiger partial charge in [0.25, 0.3) is 0 Å². The first-order chi connectivity index (χ1) is 19.5. The second-order valence-corrected chi connectivity index (χ2v) is 10.5. The molecule has 208 valence electrons. The zero-order valence-corrected chi connectivity index (χ0v) is 23.7. The normalized spacial score (nSPS) is 20.7. The van der Waals surface area contributed by atoms with Crippen LogP contribution < -0.4 is 20.1 Å². The van der Waals surface area contributed by atoms with Crippen LogP contribution in [-0.2, 0) is 17.6 Å². The fourth-order valence-electron chi connectivity index (χ4n) is 5.79. The summed E-state index contributed by atoms with van der Waals surface area (Å²) >= 11 is 0. The van der Waals surface area contributed by atoms with Gasteiger partial charge in [0.15, 0.2) is 5.82 Å². The van der Waals surface area contributed by atoms with Crippen LogP contribution in [0.1, 0.15) is 42.6 Å². The molecule has 0 saturated heterocycles. The maximum atomic E-state index is 5.97. The van der Waals surface area contributed by atoms with Gasteiger partial charge in [-0.05, 0) is 75.2 Å². The summed E-state index contributed by atoms with van der Waals surface area (Å²) in [6.07, 6.45) is 4.00. The highest BCUT2D eigenvalue weighted by Crippen LogP contribution is 2.48. The van der Waals surface area contributed by atoms with Crippen molar-refractivity contribution >= 4 is 5.95 Å². The van der Waals surface area contributed by atoms with E-state index in [0.29, 0.717) is 24.1 Å². The Morgan fingerprint density at radius 3 is 1.93 bits per heavy atom. The van der Waals surface area contributed by atoms with Crippen molar-refractivity contribution in [2.24, 2.45) is 0 Å². The van der Waals surface area contributed by atoms with E-state index in [0.717, 1.165) is 31.4 Å². The SMILES string of the molecule is CNc1nc(CNC2(c3ccccc3)CCC(c3ccccc3)(N(C)C)CC2)nc(Oc2ccc(OC)cc2)n1. The molecule has 0 spiro atoms. The molecule has 8 nitrogen and oxygen atoms in total. The van der Waals surface area contributed by atoms with Crippen molar-refractivity contribution in [3.63, 3.8) is 0 Å². The zero-order valence-electron chi connectivity index (χ0n) is 23.7. The number of methoxy groups -OCH3 is 1. The Kier molecular flexibility index (Phi) is 8.28. The van der Waals surface area contributed by atoms with Gasteiger partial charge in [0.1, 0.15) is 11.5 Å². The molecule has 1 saturated carbocycles. The first kappa shape index (κ1) is 27.6. The van der Waals surface area contributed by atoms with Gasteiger partial charge >= 0.3 is 6.01 Å². The standard InChI is InChI=1S/C32H38N6O2/c1-33-29-35-28(36-30(37-29)40-27-17-15-26(39-4)16-18-27)23-34-31(24-11-7-5-8-12-24)19-21-32(22-20-31,38(2)3)25-13-9-6-10-14-25/h5-18,34H,19-23H2,1-4H3,(H,33,35,36,37). The van der Waals surface area contributed by atoms with Gasteiger partial charge in [-0.25, -0.2) is 0 Å². The second kappa shape index (κ2) is 12.0. The Morgan fingerprint density at radius 1 is 0.750 bits per heavy atom. The minimum absolute atomic E-state index is 0.00688. The van der Waals surface area contributed by atoms with E-state index in [1.165, 1.54) is 11.1 Å². The Balaban J connectivity index is 1.39.